The number of amides is 2. The fourth-order valence-corrected chi connectivity index (χ4v) is 5.31. The van der Waals surface area contributed by atoms with E-state index in [1.165, 1.54) is 29.6 Å². The van der Waals surface area contributed by atoms with Crippen LogP contribution >= 0.6 is 0 Å². The van der Waals surface area contributed by atoms with Gasteiger partial charge in [0.2, 0.25) is 21.8 Å². The van der Waals surface area contributed by atoms with Crippen LogP contribution < -0.4 is 14.5 Å². The minimum atomic E-state index is -3.89. The van der Waals surface area contributed by atoms with Gasteiger partial charge in [-0.1, -0.05) is 6.07 Å². The highest BCUT2D eigenvalue weighted by atomic mass is 32.2. The van der Waals surface area contributed by atoms with E-state index in [9.17, 15) is 18.0 Å². The molecular weight excluding hydrogens is 408 g/mol. The van der Waals surface area contributed by atoms with Crippen LogP contribution in [0, 0.1) is 0 Å². The predicted molar refractivity (Wildman–Crippen MR) is 110 cm³/mol. The number of benzene rings is 1. The number of carbonyl (C=O) groups is 2. The van der Waals surface area contributed by atoms with E-state index in [1.54, 1.807) is 6.20 Å². The Balaban J connectivity index is 1.60. The third-order valence-corrected chi connectivity index (χ3v) is 7.21. The number of rotatable bonds is 5. The summed E-state index contributed by atoms with van der Waals surface area (Å²) in [5.74, 6) is 0.306. The number of methoxy groups -OCH3 is 1. The molecule has 3 heterocycles. The molecule has 10 heteroatoms. The van der Waals surface area contributed by atoms with Gasteiger partial charge in [0, 0.05) is 45.2 Å². The zero-order valence-corrected chi connectivity index (χ0v) is 17.3. The molecule has 0 bridgehead atoms. The number of anilines is 2. The van der Waals surface area contributed by atoms with Crippen LogP contribution in [-0.4, -0.2) is 62.8 Å². The maximum Gasteiger partial charge on any atom is 0.246 e. The predicted octanol–water partition coefficient (Wildman–Crippen LogP) is 1.25. The lowest BCUT2D eigenvalue weighted by molar-refractivity contribution is -0.121. The van der Waals surface area contributed by atoms with Crippen LogP contribution in [0.5, 0.6) is 5.75 Å². The van der Waals surface area contributed by atoms with Crippen LogP contribution in [0.1, 0.15) is 12.8 Å². The molecule has 30 heavy (non-hydrogen) atoms. The molecule has 0 saturated carbocycles. The number of hydrogen-bond acceptors (Lipinski definition) is 7. The lowest BCUT2D eigenvalue weighted by Gasteiger charge is -2.34. The van der Waals surface area contributed by atoms with Gasteiger partial charge < -0.3 is 9.64 Å². The van der Waals surface area contributed by atoms with Gasteiger partial charge in [0.15, 0.2) is 0 Å². The second kappa shape index (κ2) is 8.04. The van der Waals surface area contributed by atoms with Crippen molar-refractivity contribution in [3.05, 3.63) is 42.6 Å². The van der Waals surface area contributed by atoms with Crippen molar-refractivity contribution in [2.75, 3.05) is 43.1 Å². The second-order valence-corrected chi connectivity index (χ2v) is 8.94. The molecule has 9 nitrogen and oxygen atoms in total. The molecular formula is C20H22N4O5S. The molecule has 158 valence electrons. The molecule has 1 aromatic carbocycles. The molecule has 2 saturated heterocycles. The van der Waals surface area contributed by atoms with Gasteiger partial charge >= 0.3 is 0 Å². The molecule has 0 atom stereocenters. The summed E-state index contributed by atoms with van der Waals surface area (Å²) in [7, 11) is -2.50. The van der Waals surface area contributed by atoms with Crippen molar-refractivity contribution in [1.82, 2.24) is 9.29 Å². The lowest BCUT2D eigenvalue weighted by Crippen LogP contribution is -2.49. The molecule has 4 rings (SSSR count). The van der Waals surface area contributed by atoms with E-state index in [0.717, 1.165) is 10.7 Å². The third-order valence-electron chi connectivity index (χ3n) is 5.29. The number of ether oxygens (including phenoxy) is 1. The molecule has 2 aromatic rings. The number of imide groups is 1. The van der Waals surface area contributed by atoms with Gasteiger partial charge in [-0.3, -0.25) is 14.5 Å². The fourth-order valence-electron chi connectivity index (χ4n) is 3.71. The molecule has 2 fully saturated rings. The highest BCUT2D eigenvalue weighted by Gasteiger charge is 2.34. The minimum Gasteiger partial charge on any atom is -0.495 e. The van der Waals surface area contributed by atoms with E-state index in [4.69, 9.17) is 4.74 Å². The number of hydrogen-bond donors (Lipinski definition) is 0. The summed E-state index contributed by atoms with van der Waals surface area (Å²) in [4.78, 5) is 31.5. The third kappa shape index (κ3) is 3.63. The number of carbonyl (C=O) groups excluding carboxylic acids is 2. The monoisotopic (exact) mass is 430 g/mol. The van der Waals surface area contributed by atoms with E-state index in [2.05, 4.69) is 4.98 Å². The molecule has 2 aliphatic heterocycles. The van der Waals surface area contributed by atoms with Crippen molar-refractivity contribution in [1.29, 1.82) is 0 Å². The van der Waals surface area contributed by atoms with Crippen LogP contribution in [0.4, 0.5) is 11.5 Å². The Hall–Kier alpha value is -2.98. The van der Waals surface area contributed by atoms with Crippen molar-refractivity contribution in [3.63, 3.8) is 0 Å². The molecule has 0 spiro atoms. The molecule has 0 aliphatic carbocycles. The molecule has 0 unspecified atom stereocenters. The van der Waals surface area contributed by atoms with Crippen LogP contribution in [0.25, 0.3) is 0 Å². The minimum absolute atomic E-state index is 0.0544. The Labute approximate surface area is 174 Å². The summed E-state index contributed by atoms with van der Waals surface area (Å²) in [6.07, 6.45) is 1.96. The highest BCUT2D eigenvalue weighted by Crippen LogP contribution is 2.33. The normalized spacial score (nSPS) is 18.2. The Bertz CT molecular complexity index is 1050. The summed E-state index contributed by atoms with van der Waals surface area (Å²) in [6, 6.07) is 9.96. The van der Waals surface area contributed by atoms with Gasteiger partial charge in [0.05, 0.1) is 12.8 Å². The summed E-state index contributed by atoms with van der Waals surface area (Å²) in [5.41, 5.74) is 0.244. The average Bonchev–Trinajstić information content (AvgIpc) is 3.12. The van der Waals surface area contributed by atoms with E-state index in [1.807, 2.05) is 23.1 Å². The smallest absolute Gasteiger partial charge is 0.246 e. The standard InChI is InChI=1S/C20H22N4O5S/c1-29-16-6-5-15(24-19(25)7-8-20(24)26)14-17(16)30(27,28)23-12-10-22(11-13-23)18-4-2-3-9-21-18/h2-6,9,14H,7-8,10-13H2,1H3. The van der Waals surface area contributed by atoms with E-state index in [-0.39, 0.29) is 54.1 Å². The molecule has 2 amide bonds. The number of pyridine rings is 1. The first-order valence-electron chi connectivity index (χ1n) is 9.62. The zero-order chi connectivity index (χ0) is 21.3. The Morgan fingerprint density at radius 3 is 2.27 bits per heavy atom. The van der Waals surface area contributed by atoms with Crippen molar-refractivity contribution < 1.29 is 22.7 Å². The van der Waals surface area contributed by atoms with Gasteiger partial charge in [0.25, 0.3) is 0 Å². The average molecular weight is 430 g/mol. The van der Waals surface area contributed by atoms with Crippen LogP contribution in [0.15, 0.2) is 47.5 Å². The van der Waals surface area contributed by atoms with Gasteiger partial charge in [-0.2, -0.15) is 4.31 Å². The largest absolute Gasteiger partial charge is 0.495 e. The number of nitrogens with zero attached hydrogens (tertiary/aromatic N) is 4. The number of aromatic nitrogens is 1. The molecule has 1 aromatic heterocycles. The molecule has 0 radical (unpaired) electrons. The van der Waals surface area contributed by atoms with Crippen molar-refractivity contribution in [2.45, 2.75) is 17.7 Å². The zero-order valence-electron chi connectivity index (χ0n) is 16.5. The lowest BCUT2D eigenvalue weighted by atomic mass is 10.2. The first kappa shape index (κ1) is 20.3. The maximum absolute atomic E-state index is 13.4. The van der Waals surface area contributed by atoms with Crippen molar-refractivity contribution in [3.8, 4) is 5.75 Å². The SMILES string of the molecule is COc1ccc(N2C(=O)CCC2=O)cc1S(=O)(=O)N1CCN(c2ccccn2)CC1. The quantitative estimate of drug-likeness (QED) is 0.658. The van der Waals surface area contributed by atoms with Crippen LogP contribution in [0.3, 0.4) is 0 Å². The Morgan fingerprint density at radius 2 is 1.67 bits per heavy atom. The van der Waals surface area contributed by atoms with Crippen LogP contribution in [-0.2, 0) is 19.6 Å². The number of sulfonamides is 1. The Morgan fingerprint density at radius 1 is 0.967 bits per heavy atom. The summed E-state index contributed by atoms with van der Waals surface area (Å²) in [5, 5.41) is 0. The van der Waals surface area contributed by atoms with Crippen LogP contribution in [0.2, 0.25) is 0 Å². The first-order chi connectivity index (χ1) is 14.4. The summed E-state index contributed by atoms with van der Waals surface area (Å²) >= 11 is 0. The first-order valence-corrected chi connectivity index (χ1v) is 11.1. The fraction of sp³-hybridized carbons (Fsp3) is 0.350. The second-order valence-electron chi connectivity index (χ2n) is 7.04. The Kier molecular flexibility index (Phi) is 5.44. The molecule has 2 aliphatic rings. The van der Waals surface area contributed by atoms with E-state index in [0.29, 0.717) is 13.1 Å². The van der Waals surface area contributed by atoms with Gasteiger partial charge in [0.1, 0.15) is 16.5 Å². The maximum atomic E-state index is 13.4. The van der Waals surface area contributed by atoms with E-state index >= 15 is 0 Å². The van der Waals surface area contributed by atoms with E-state index < -0.39 is 10.0 Å². The summed E-state index contributed by atoms with van der Waals surface area (Å²) < 4.78 is 33.4. The van der Waals surface area contributed by atoms with Crippen molar-refractivity contribution in [2.24, 2.45) is 0 Å². The van der Waals surface area contributed by atoms with Gasteiger partial charge in [-0.15, -0.1) is 0 Å². The number of piperazine rings is 1. The summed E-state index contributed by atoms with van der Waals surface area (Å²) in [6.45, 7) is 1.57. The molecule has 0 N–H and O–H groups in total. The van der Waals surface area contributed by atoms with Gasteiger partial charge in [-0.25, -0.2) is 13.4 Å². The van der Waals surface area contributed by atoms with Crippen molar-refractivity contribution >= 4 is 33.3 Å². The topological polar surface area (TPSA) is 100 Å². The highest BCUT2D eigenvalue weighted by molar-refractivity contribution is 7.89. The van der Waals surface area contributed by atoms with Gasteiger partial charge in [-0.05, 0) is 30.3 Å².